The number of nitrogens with one attached hydrogen (secondary N) is 1. The summed E-state index contributed by atoms with van der Waals surface area (Å²) in [5.41, 5.74) is 2.40. The lowest BCUT2D eigenvalue weighted by atomic mass is 10.0. The number of imidazole rings is 1. The molecule has 0 aliphatic carbocycles. The van der Waals surface area contributed by atoms with Gasteiger partial charge in [0.1, 0.15) is 34.3 Å². The first-order valence-corrected chi connectivity index (χ1v) is 13.3. The van der Waals surface area contributed by atoms with Crippen molar-refractivity contribution in [3.63, 3.8) is 0 Å². The monoisotopic (exact) mass is 599 g/mol. The predicted octanol–water partition coefficient (Wildman–Crippen LogP) is 5.10. The van der Waals surface area contributed by atoms with Crippen molar-refractivity contribution in [2.75, 3.05) is 30.4 Å². The second-order valence-corrected chi connectivity index (χ2v) is 11.2. The number of hydrogen-bond acceptors (Lipinski definition) is 7. The molecule has 2 N–H and O–H groups in total. The van der Waals surface area contributed by atoms with E-state index < -0.39 is 23.0 Å². The Morgan fingerprint density at radius 3 is 2.60 bits per heavy atom. The molecule has 0 bridgehead atoms. The van der Waals surface area contributed by atoms with Crippen molar-refractivity contribution in [2.24, 2.45) is 7.05 Å². The molecule has 1 fully saturated rings. The van der Waals surface area contributed by atoms with E-state index in [2.05, 4.69) is 15.3 Å². The van der Waals surface area contributed by atoms with Crippen LogP contribution in [0.25, 0.3) is 16.7 Å². The SMILES string of the molecule is COc1ccc(F)cc1-n1nccc(Nc2ccc3c(nc(C)n3C)c2N2CC[C@H](N(C(=O)O)C(C)(C)C)C2)c1=O.Cl. The average Bonchev–Trinajstić information content (AvgIpc) is 3.48. The molecule has 0 radical (unpaired) electrons. The normalized spacial score (nSPS) is 15.0. The minimum Gasteiger partial charge on any atom is -0.494 e. The third kappa shape index (κ3) is 5.46. The topological polar surface area (TPSA) is 118 Å². The summed E-state index contributed by atoms with van der Waals surface area (Å²) >= 11 is 0. The lowest BCUT2D eigenvalue weighted by Crippen LogP contribution is -2.52. The third-order valence-corrected chi connectivity index (χ3v) is 7.51. The van der Waals surface area contributed by atoms with Crippen LogP contribution in [0.2, 0.25) is 0 Å². The van der Waals surface area contributed by atoms with E-state index in [1.165, 1.54) is 36.4 Å². The maximum atomic E-state index is 14.1. The number of fused-ring (bicyclic) bond motifs is 1. The maximum absolute atomic E-state index is 14.1. The molecular formula is C29H35ClFN7O4. The molecule has 13 heteroatoms. The van der Waals surface area contributed by atoms with E-state index in [9.17, 15) is 19.1 Å². The standard InChI is InChI=1S/C29H34FN7O4.ClH/c1-17-32-25-22(34(17)5)9-8-20(26(25)35-14-12-19(16-35)36(28(39)40)29(2,3)4)33-21-11-13-31-37(27(21)38)23-15-18(30)7-10-24(23)41-6;/h7-11,13,15,19,33H,12,14,16H2,1-6H3,(H,39,40);1H/t19-;/m0./s1. The van der Waals surface area contributed by atoms with Crippen LogP contribution in [0.1, 0.15) is 33.0 Å². The summed E-state index contributed by atoms with van der Waals surface area (Å²) in [5, 5.41) is 17.4. The zero-order valence-electron chi connectivity index (χ0n) is 24.4. The number of anilines is 3. The quantitative estimate of drug-likeness (QED) is 0.314. The average molecular weight is 600 g/mol. The van der Waals surface area contributed by atoms with Gasteiger partial charge >= 0.3 is 6.09 Å². The molecular weight excluding hydrogens is 565 g/mol. The summed E-state index contributed by atoms with van der Waals surface area (Å²) < 4.78 is 22.5. The first-order valence-electron chi connectivity index (χ1n) is 13.3. The first kappa shape index (κ1) is 30.6. The molecule has 4 aromatic rings. The fraction of sp³-hybridized carbons (Fsp3) is 0.379. The number of nitrogens with zero attached hydrogens (tertiary/aromatic N) is 6. The smallest absolute Gasteiger partial charge is 0.408 e. The van der Waals surface area contributed by atoms with Gasteiger partial charge in [-0.3, -0.25) is 9.69 Å². The van der Waals surface area contributed by atoms with Gasteiger partial charge in [0.15, 0.2) is 0 Å². The van der Waals surface area contributed by atoms with Crippen molar-refractivity contribution in [3.05, 3.63) is 64.6 Å². The zero-order chi connectivity index (χ0) is 29.6. The molecule has 1 atom stereocenters. The zero-order valence-corrected chi connectivity index (χ0v) is 25.2. The lowest BCUT2D eigenvalue weighted by molar-refractivity contribution is 0.0763. The highest BCUT2D eigenvalue weighted by Gasteiger charge is 2.38. The Hall–Kier alpha value is -4.32. The van der Waals surface area contributed by atoms with Crippen LogP contribution < -0.4 is 20.5 Å². The minimum absolute atomic E-state index is 0. The highest BCUT2D eigenvalue weighted by atomic mass is 35.5. The number of aryl methyl sites for hydroxylation is 2. The molecule has 1 aliphatic rings. The van der Waals surface area contributed by atoms with E-state index in [4.69, 9.17) is 9.72 Å². The summed E-state index contributed by atoms with van der Waals surface area (Å²) in [5.74, 6) is 0.593. The second kappa shape index (κ2) is 11.5. The minimum atomic E-state index is -0.959. The molecule has 1 amide bonds. The number of rotatable bonds is 6. The van der Waals surface area contributed by atoms with Gasteiger partial charge in [0.05, 0.1) is 36.2 Å². The fourth-order valence-corrected chi connectivity index (χ4v) is 5.58. The summed E-state index contributed by atoms with van der Waals surface area (Å²) in [6.45, 7) is 8.66. The molecule has 5 rings (SSSR count). The molecule has 2 aromatic heterocycles. The van der Waals surface area contributed by atoms with Gasteiger partial charge in [-0.1, -0.05) is 0 Å². The number of amides is 1. The fourth-order valence-electron chi connectivity index (χ4n) is 5.58. The van der Waals surface area contributed by atoms with Crippen LogP contribution in [-0.2, 0) is 7.05 Å². The number of methoxy groups -OCH3 is 1. The van der Waals surface area contributed by atoms with Gasteiger partial charge in [-0.2, -0.15) is 9.78 Å². The van der Waals surface area contributed by atoms with Crippen LogP contribution in [0, 0.1) is 12.7 Å². The largest absolute Gasteiger partial charge is 0.494 e. The highest BCUT2D eigenvalue weighted by molar-refractivity contribution is 5.98. The Bertz CT molecular complexity index is 1700. The number of carboxylic acid groups (broad SMARTS) is 1. The molecule has 1 saturated heterocycles. The van der Waals surface area contributed by atoms with E-state index in [0.29, 0.717) is 30.9 Å². The van der Waals surface area contributed by atoms with Crippen LogP contribution in [-0.4, -0.2) is 67.2 Å². The number of benzene rings is 2. The number of carbonyl (C=O) groups is 1. The second-order valence-electron chi connectivity index (χ2n) is 11.2. The summed E-state index contributed by atoms with van der Waals surface area (Å²) in [6, 6.07) is 9.04. The molecule has 1 aliphatic heterocycles. The van der Waals surface area contributed by atoms with Gasteiger partial charge in [0.2, 0.25) is 0 Å². The van der Waals surface area contributed by atoms with Crippen molar-refractivity contribution in [1.82, 2.24) is 24.2 Å². The highest BCUT2D eigenvalue weighted by Crippen LogP contribution is 2.39. The third-order valence-electron chi connectivity index (χ3n) is 7.51. The van der Waals surface area contributed by atoms with Gasteiger partial charge in [-0.25, -0.2) is 14.2 Å². The number of halogens is 2. The Kier molecular flexibility index (Phi) is 8.40. The summed E-state index contributed by atoms with van der Waals surface area (Å²) in [4.78, 5) is 34.3. The lowest BCUT2D eigenvalue weighted by Gasteiger charge is -2.38. The Morgan fingerprint density at radius 1 is 1.19 bits per heavy atom. The van der Waals surface area contributed by atoms with E-state index in [0.717, 1.165) is 27.2 Å². The van der Waals surface area contributed by atoms with Crippen LogP contribution >= 0.6 is 12.4 Å². The van der Waals surface area contributed by atoms with Crippen molar-refractivity contribution in [1.29, 1.82) is 0 Å². The Balaban J connectivity index is 0.00000405. The van der Waals surface area contributed by atoms with Crippen molar-refractivity contribution in [3.8, 4) is 11.4 Å². The van der Waals surface area contributed by atoms with Gasteiger partial charge in [0, 0.05) is 31.7 Å². The van der Waals surface area contributed by atoms with Crippen molar-refractivity contribution < 1.29 is 19.0 Å². The van der Waals surface area contributed by atoms with Crippen LogP contribution in [0.3, 0.4) is 0 Å². The van der Waals surface area contributed by atoms with E-state index in [1.54, 1.807) is 6.07 Å². The molecule has 0 unspecified atom stereocenters. The maximum Gasteiger partial charge on any atom is 0.408 e. The Morgan fingerprint density at radius 2 is 1.93 bits per heavy atom. The predicted molar refractivity (Wildman–Crippen MR) is 163 cm³/mol. The van der Waals surface area contributed by atoms with Gasteiger partial charge in [-0.05, 0) is 64.4 Å². The number of ether oxygens (including phenoxy) is 1. The number of aromatic nitrogens is 4. The molecule has 224 valence electrons. The molecule has 11 nitrogen and oxygen atoms in total. The van der Waals surface area contributed by atoms with E-state index in [1.807, 2.05) is 51.4 Å². The molecule has 3 heterocycles. The van der Waals surface area contributed by atoms with Crippen LogP contribution in [0.4, 0.5) is 26.2 Å². The molecule has 0 spiro atoms. The van der Waals surface area contributed by atoms with Gasteiger partial charge in [-0.15, -0.1) is 12.4 Å². The van der Waals surface area contributed by atoms with Crippen LogP contribution in [0.15, 0.2) is 47.4 Å². The van der Waals surface area contributed by atoms with E-state index in [-0.39, 0.29) is 29.8 Å². The summed E-state index contributed by atoms with van der Waals surface area (Å²) in [6.07, 6.45) is 1.14. The van der Waals surface area contributed by atoms with Crippen molar-refractivity contribution >= 4 is 46.6 Å². The molecule has 0 saturated carbocycles. The van der Waals surface area contributed by atoms with E-state index >= 15 is 0 Å². The van der Waals surface area contributed by atoms with Crippen LogP contribution in [0.5, 0.6) is 5.75 Å². The van der Waals surface area contributed by atoms with Gasteiger partial charge < -0.3 is 24.6 Å². The molecule has 42 heavy (non-hydrogen) atoms. The summed E-state index contributed by atoms with van der Waals surface area (Å²) in [7, 11) is 3.38. The Labute approximate surface area is 248 Å². The first-order chi connectivity index (χ1) is 19.4. The van der Waals surface area contributed by atoms with Crippen molar-refractivity contribution in [2.45, 2.75) is 45.7 Å². The van der Waals surface area contributed by atoms with Gasteiger partial charge in [0.25, 0.3) is 5.56 Å². The number of hydrogen-bond donors (Lipinski definition) is 2. The molecule has 2 aromatic carbocycles.